The number of nitrogens with zero attached hydrogens (tertiary/aromatic N) is 1. The number of halogens is 2. The van der Waals surface area contributed by atoms with E-state index in [1.54, 1.807) is 17.4 Å². The van der Waals surface area contributed by atoms with Crippen LogP contribution in [0.2, 0.25) is 5.02 Å². The molecule has 0 bridgehead atoms. The van der Waals surface area contributed by atoms with Gasteiger partial charge in [0.1, 0.15) is 5.01 Å². The Balaban J connectivity index is 1.68. The molecule has 0 aliphatic rings. The number of aromatic nitrogens is 1. The van der Waals surface area contributed by atoms with Crippen LogP contribution in [0.3, 0.4) is 0 Å². The van der Waals surface area contributed by atoms with Crippen LogP contribution in [0.25, 0.3) is 9.88 Å². The number of thiazole rings is 1. The van der Waals surface area contributed by atoms with Crippen LogP contribution in [0, 0.1) is 5.82 Å². The van der Waals surface area contributed by atoms with E-state index in [1.807, 2.05) is 22.9 Å². The van der Waals surface area contributed by atoms with Gasteiger partial charge in [0.25, 0.3) is 0 Å². The molecule has 0 saturated heterocycles. The Hall–Kier alpha value is -1.76. The molecule has 1 N–H and O–H groups in total. The average Bonchev–Trinajstić information content (AvgIpc) is 3.14. The quantitative estimate of drug-likeness (QED) is 0.729. The van der Waals surface area contributed by atoms with E-state index in [1.165, 1.54) is 23.5 Å². The van der Waals surface area contributed by atoms with Crippen molar-refractivity contribution in [3.63, 3.8) is 0 Å². The molecule has 0 atom stereocenters. The van der Waals surface area contributed by atoms with Crippen LogP contribution in [0.5, 0.6) is 0 Å². The molecule has 0 saturated carbocycles. The number of nitrogens with one attached hydrogen (secondary N) is 1. The first kappa shape index (κ1) is 15.1. The van der Waals surface area contributed by atoms with Crippen molar-refractivity contribution in [1.29, 1.82) is 0 Å². The lowest BCUT2D eigenvalue weighted by Gasteiger charge is -2.06. The topological polar surface area (TPSA) is 42.0 Å². The Bertz CT molecular complexity index is 802. The highest BCUT2D eigenvalue weighted by atomic mass is 35.5. The molecule has 0 aliphatic heterocycles. The second-order valence-electron chi connectivity index (χ2n) is 4.45. The number of benzene rings is 1. The number of anilines is 1. The van der Waals surface area contributed by atoms with Crippen molar-refractivity contribution in [3.8, 4) is 9.88 Å². The normalized spacial score (nSPS) is 10.6. The summed E-state index contributed by atoms with van der Waals surface area (Å²) in [5.74, 6) is -0.959. The first-order valence-corrected chi connectivity index (χ1v) is 8.49. The highest BCUT2D eigenvalue weighted by Crippen LogP contribution is 2.28. The fourth-order valence-electron chi connectivity index (χ4n) is 1.86. The highest BCUT2D eigenvalue weighted by Gasteiger charge is 2.12. The van der Waals surface area contributed by atoms with E-state index in [0.717, 1.165) is 9.88 Å². The van der Waals surface area contributed by atoms with Crippen LogP contribution >= 0.6 is 34.3 Å². The Morgan fingerprint density at radius 3 is 2.91 bits per heavy atom. The summed E-state index contributed by atoms with van der Waals surface area (Å²) in [5.41, 5.74) is 0.736. The molecule has 0 aliphatic carbocycles. The minimum absolute atomic E-state index is 0.0218. The zero-order chi connectivity index (χ0) is 15.5. The van der Waals surface area contributed by atoms with Gasteiger partial charge in [-0.3, -0.25) is 4.79 Å². The van der Waals surface area contributed by atoms with Crippen molar-refractivity contribution >= 4 is 45.9 Å². The fourth-order valence-corrected chi connectivity index (χ4v) is 3.67. The van der Waals surface area contributed by atoms with Gasteiger partial charge in [0.2, 0.25) is 5.91 Å². The molecule has 2 heterocycles. The molecule has 112 valence electrons. The van der Waals surface area contributed by atoms with E-state index in [-0.39, 0.29) is 23.0 Å². The zero-order valence-corrected chi connectivity index (χ0v) is 13.6. The second-order valence-corrected chi connectivity index (χ2v) is 6.66. The van der Waals surface area contributed by atoms with Crippen molar-refractivity contribution in [3.05, 3.63) is 57.6 Å². The van der Waals surface area contributed by atoms with Gasteiger partial charge >= 0.3 is 0 Å². The predicted octanol–water partition coefficient (Wildman–Crippen LogP) is 4.85. The summed E-state index contributed by atoms with van der Waals surface area (Å²) < 4.78 is 13.7. The molecule has 0 fully saturated rings. The summed E-state index contributed by atoms with van der Waals surface area (Å²) in [6.07, 6.45) is 0.0911. The summed E-state index contributed by atoms with van der Waals surface area (Å²) in [4.78, 5) is 17.5. The molecular formula is C15H10ClFN2OS2. The van der Waals surface area contributed by atoms with E-state index in [2.05, 4.69) is 10.3 Å². The summed E-state index contributed by atoms with van der Waals surface area (Å²) in [7, 11) is 0. The third kappa shape index (κ3) is 3.35. The number of thiophene rings is 1. The zero-order valence-electron chi connectivity index (χ0n) is 11.2. The van der Waals surface area contributed by atoms with E-state index >= 15 is 0 Å². The van der Waals surface area contributed by atoms with Crippen LogP contribution < -0.4 is 5.32 Å². The third-order valence-electron chi connectivity index (χ3n) is 2.85. The van der Waals surface area contributed by atoms with Crippen LogP contribution in [0.4, 0.5) is 10.1 Å². The van der Waals surface area contributed by atoms with Gasteiger partial charge in [-0.25, -0.2) is 9.37 Å². The summed E-state index contributed by atoms with van der Waals surface area (Å²) in [6, 6.07) is 8.42. The van der Waals surface area contributed by atoms with Crippen LogP contribution in [0.15, 0.2) is 41.1 Å². The molecular weight excluding hydrogens is 343 g/mol. The molecule has 7 heteroatoms. The standard InChI is InChI=1S/C15H10ClFN2OS2/c16-10-3-1-4-11(14(10)17)19-13(20)7-9-8-22-15(18-9)12-5-2-6-21-12/h1-6,8H,7H2,(H,19,20). The smallest absolute Gasteiger partial charge is 0.230 e. The minimum Gasteiger partial charge on any atom is -0.323 e. The lowest BCUT2D eigenvalue weighted by atomic mass is 10.2. The summed E-state index contributed by atoms with van der Waals surface area (Å²) >= 11 is 8.76. The van der Waals surface area contributed by atoms with E-state index in [4.69, 9.17) is 11.6 Å². The number of hydrogen-bond acceptors (Lipinski definition) is 4. The Morgan fingerprint density at radius 1 is 1.27 bits per heavy atom. The molecule has 3 aromatic rings. The maximum atomic E-state index is 13.7. The summed E-state index contributed by atoms with van der Waals surface area (Å²) in [5, 5.41) is 7.19. The van der Waals surface area contributed by atoms with Gasteiger partial charge in [0, 0.05) is 5.38 Å². The Kier molecular flexibility index (Phi) is 4.52. The highest BCUT2D eigenvalue weighted by molar-refractivity contribution is 7.20. The van der Waals surface area contributed by atoms with E-state index in [0.29, 0.717) is 5.69 Å². The molecule has 3 nitrogen and oxygen atoms in total. The first-order chi connectivity index (χ1) is 10.6. The maximum Gasteiger partial charge on any atom is 0.230 e. The number of carbonyl (C=O) groups is 1. The lowest BCUT2D eigenvalue weighted by Crippen LogP contribution is -2.15. The van der Waals surface area contributed by atoms with E-state index in [9.17, 15) is 9.18 Å². The molecule has 0 unspecified atom stereocenters. The molecule has 2 aromatic heterocycles. The maximum absolute atomic E-state index is 13.7. The Labute approximate surface area is 139 Å². The van der Waals surface area contributed by atoms with Gasteiger partial charge in [-0.1, -0.05) is 23.7 Å². The minimum atomic E-state index is -0.630. The van der Waals surface area contributed by atoms with Crippen LogP contribution in [-0.2, 0) is 11.2 Å². The number of hydrogen-bond donors (Lipinski definition) is 1. The lowest BCUT2D eigenvalue weighted by molar-refractivity contribution is -0.115. The summed E-state index contributed by atoms with van der Waals surface area (Å²) in [6.45, 7) is 0. The average molecular weight is 353 g/mol. The molecule has 3 rings (SSSR count). The van der Waals surface area contributed by atoms with Crippen molar-refractivity contribution in [2.75, 3.05) is 5.32 Å². The van der Waals surface area contributed by atoms with Gasteiger partial charge in [0.15, 0.2) is 5.82 Å². The van der Waals surface area contributed by atoms with Crippen molar-refractivity contribution in [1.82, 2.24) is 4.98 Å². The van der Waals surface area contributed by atoms with Crippen LogP contribution in [-0.4, -0.2) is 10.9 Å². The third-order valence-corrected chi connectivity index (χ3v) is 5.07. The Morgan fingerprint density at radius 2 is 2.14 bits per heavy atom. The molecule has 22 heavy (non-hydrogen) atoms. The molecule has 0 spiro atoms. The largest absolute Gasteiger partial charge is 0.323 e. The molecule has 0 radical (unpaired) electrons. The van der Waals surface area contributed by atoms with Crippen LogP contribution in [0.1, 0.15) is 5.69 Å². The monoisotopic (exact) mass is 352 g/mol. The van der Waals surface area contributed by atoms with Crippen molar-refractivity contribution in [2.24, 2.45) is 0 Å². The predicted molar refractivity (Wildman–Crippen MR) is 89.2 cm³/mol. The molecule has 1 amide bonds. The number of amides is 1. The number of carbonyl (C=O) groups excluding carboxylic acids is 1. The van der Waals surface area contributed by atoms with Gasteiger partial charge in [-0.2, -0.15) is 0 Å². The number of rotatable bonds is 4. The van der Waals surface area contributed by atoms with Crippen molar-refractivity contribution in [2.45, 2.75) is 6.42 Å². The van der Waals surface area contributed by atoms with Gasteiger partial charge in [-0.05, 0) is 23.6 Å². The van der Waals surface area contributed by atoms with Gasteiger partial charge < -0.3 is 5.32 Å². The first-order valence-electron chi connectivity index (χ1n) is 6.35. The SMILES string of the molecule is O=C(Cc1csc(-c2cccs2)n1)Nc1cccc(Cl)c1F. The van der Waals surface area contributed by atoms with Gasteiger partial charge in [0.05, 0.1) is 27.7 Å². The van der Waals surface area contributed by atoms with Crippen molar-refractivity contribution < 1.29 is 9.18 Å². The molecule has 1 aromatic carbocycles. The fraction of sp³-hybridized carbons (Fsp3) is 0.0667. The van der Waals surface area contributed by atoms with Gasteiger partial charge in [-0.15, -0.1) is 22.7 Å². The second kappa shape index (κ2) is 6.56. The van der Waals surface area contributed by atoms with E-state index < -0.39 is 5.82 Å².